The third kappa shape index (κ3) is 8.80. The van der Waals surface area contributed by atoms with Crippen molar-refractivity contribution in [2.75, 3.05) is 0 Å². The Bertz CT molecular complexity index is 1960. The van der Waals surface area contributed by atoms with Crippen LogP contribution in [-0.2, 0) is 62.2 Å². The zero-order chi connectivity index (χ0) is 36.2. The van der Waals surface area contributed by atoms with Gasteiger partial charge >= 0.3 is 314 Å². The SMILES string of the molecule is CC(C)(C)c1cc2c(cc1C(C)(C)C)-c1cc(C(C)(C)C)c(C(C)(C)C)[c]([Zr+2]([C]3=CC=CC3)=[C](Cc3ccccc3)Cc3ccccc3)c1C2.[Cl-].[Cl-]. The van der Waals surface area contributed by atoms with E-state index in [0.717, 1.165) is 25.7 Å². The molecule has 3 heteroatoms. The average molecular weight is 811 g/mol. The maximum Gasteiger partial charge on any atom is -1.00 e. The Morgan fingerprint density at radius 2 is 1.06 bits per heavy atom. The molecule has 0 radical (unpaired) electrons. The van der Waals surface area contributed by atoms with Gasteiger partial charge in [-0.1, -0.05) is 0 Å². The molecule has 52 heavy (non-hydrogen) atoms. The van der Waals surface area contributed by atoms with Crippen LogP contribution in [-0.4, -0.2) is 3.21 Å². The van der Waals surface area contributed by atoms with Crippen molar-refractivity contribution >= 4 is 6.48 Å². The zero-order valence-corrected chi connectivity index (χ0v) is 37.8. The number of halogens is 2. The molecule has 2 aliphatic carbocycles. The van der Waals surface area contributed by atoms with E-state index in [1.54, 1.807) is 26.4 Å². The standard InChI is InChI=1S/C29H41.C15H14.C5H5.2ClH.Zr/c1-26(2,3)22-14-18-13-19-15-23(27(4,5)6)25(29(10,11)12)17-21(19)20(18)16-24(22)28(7,8)9;1-3-8-14(9-4-1)12-7-13-15-10-5-2-6-11-15;1-2-4-5-3-1;;;/h14,16-17H,13H2,1-12H3;1-6,8-11H,12-13H2;1-3H,4H2;2*1H;/q;;;;;+2/p-2. The van der Waals surface area contributed by atoms with Gasteiger partial charge in [0.1, 0.15) is 0 Å². The molecule has 0 aliphatic heterocycles. The Labute approximate surface area is 336 Å². The van der Waals surface area contributed by atoms with Gasteiger partial charge in [-0.3, -0.25) is 0 Å². The number of rotatable bonds is 6. The zero-order valence-electron chi connectivity index (χ0n) is 33.8. The van der Waals surface area contributed by atoms with Crippen LogP contribution in [0.4, 0.5) is 0 Å². The molecule has 0 fully saturated rings. The van der Waals surface area contributed by atoms with Crippen LogP contribution in [0.3, 0.4) is 0 Å². The number of hydrogen-bond acceptors (Lipinski definition) is 0. The van der Waals surface area contributed by atoms with Crippen LogP contribution in [0.15, 0.2) is 100 Å². The average Bonchev–Trinajstić information content (AvgIpc) is 3.68. The number of hydrogen-bond donors (Lipinski definition) is 0. The van der Waals surface area contributed by atoms with Crippen LogP contribution < -0.4 is 28.1 Å². The molecule has 6 rings (SSSR count). The molecule has 0 heterocycles. The maximum atomic E-state index is 2.66. The molecule has 0 N–H and O–H groups in total. The Kier molecular flexibility index (Phi) is 12.9. The summed E-state index contributed by atoms with van der Waals surface area (Å²) in [5.41, 5.74) is 15.4. The fraction of sp³-hybridized carbons (Fsp3) is 0.408. The summed E-state index contributed by atoms with van der Waals surface area (Å²) < 4.78 is 5.31. The molecule has 2 aliphatic rings. The topological polar surface area (TPSA) is 0 Å². The monoisotopic (exact) mass is 808 g/mol. The first-order valence-electron chi connectivity index (χ1n) is 18.9. The molecule has 274 valence electrons. The van der Waals surface area contributed by atoms with Crippen LogP contribution in [0.2, 0.25) is 0 Å². The van der Waals surface area contributed by atoms with Crippen molar-refractivity contribution in [3.8, 4) is 11.1 Å². The molecular formula is C49H60Cl2Zr. The first-order chi connectivity index (χ1) is 23.3. The van der Waals surface area contributed by atoms with E-state index in [9.17, 15) is 0 Å². The normalized spacial score (nSPS) is 13.7. The van der Waals surface area contributed by atoms with Crippen LogP contribution in [0.5, 0.6) is 0 Å². The largest absolute Gasteiger partial charge is 1.00 e. The van der Waals surface area contributed by atoms with E-state index in [0.29, 0.717) is 0 Å². The third-order valence-electron chi connectivity index (χ3n) is 10.7. The second-order valence-electron chi connectivity index (χ2n) is 19.1. The van der Waals surface area contributed by atoms with Gasteiger partial charge in [-0.2, -0.15) is 0 Å². The molecule has 0 spiro atoms. The maximum absolute atomic E-state index is 2.77. The molecule has 0 saturated carbocycles. The van der Waals surface area contributed by atoms with Gasteiger partial charge in [0.05, 0.1) is 0 Å². The van der Waals surface area contributed by atoms with Crippen LogP contribution >= 0.6 is 0 Å². The van der Waals surface area contributed by atoms with Crippen molar-refractivity contribution in [3.63, 3.8) is 0 Å². The predicted molar refractivity (Wildman–Crippen MR) is 216 cm³/mol. The van der Waals surface area contributed by atoms with E-state index in [1.807, 2.05) is 0 Å². The van der Waals surface area contributed by atoms with Crippen molar-refractivity contribution in [1.82, 2.24) is 0 Å². The third-order valence-corrected chi connectivity index (χ3v) is 18.4. The first kappa shape index (κ1) is 42.4. The van der Waals surface area contributed by atoms with Gasteiger partial charge < -0.3 is 24.8 Å². The van der Waals surface area contributed by atoms with Gasteiger partial charge in [-0.25, -0.2) is 0 Å². The van der Waals surface area contributed by atoms with E-state index in [2.05, 4.69) is 180 Å². The van der Waals surface area contributed by atoms with E-state index in [4.69, 9.17) is 0 Å². The number of fused-ring (bicyclic) bond motifs is 3. The molecule has 0 nitrogen and oxygen atoms in total. The van der Waals surface area contributed by atoms with Gasteiger partial charge in [0, 0.05) is 0 Å². The summed E-state index contributed by atoms with van der Waals surface area (Å²) >= 11 is -2.77. The van der Waals surface area contributed by atoms with Gasteiger partial charge in [-0.15, -0.1) is 0 Å². The molecule has 0 aromatic heterocycles. The second-order valence-corrected chi connectivity index (χ2v) is 25.4. The Morgan fingerprint density at radius 3 is 1.50 bits per heavy atom. The van der Waals surface area contributed by atoms with E-state index in [1.165, 1.54) is 38.9 Å². The van der Waals surface area contributed by atoms with Crippen molar-refractivity contribution in [3.05, 3.63) is 145 Å². The molecule has 0 atom stereocenters. The summed E-state index contributed by atoms with van der Waals surface area (Å²) in [6.07, 6.45) is 11.5. The Balaban J connectivity index is 0.00000302. The first-order valence-corrected chi connectivity index (χ1v) is 22.6. The fourth-order valence-corrected chi connectivity index (χ4v) is 17.6. The van der Waals surface area contributed by atoms with Gasteiger partial charge in [0.2, 0.25) is 0 Å². The summed E-state index contributed by atoms with van der Waals surface area (Å²) in [6, 6.07) is 30.5. The van der Waals surface area contributed by atoms with Crippen molar-refractivity contribution in [2.24, 2.45) is 0 Å². The molecule has 4 aromatic carbocycles. The minimum absolute atomic E-state index is 0. The Morgan fingerprint density at radius 1 is 0.577 bits per heavy atom. The van der Waals surface area contributed by atoms with Crippen molar-refractivity contribution in [1.29, 1.82) is 0 Å². The summed E-state index contributed by atoms with van der Waals surface area (Å²) in [7, 11) is 0. The minimum atomic E-state index is -2.77. The molecule has 4 aromatic rings. The van der Waals surface area contributed by atoms with Gasteiger partial charge in [-0.05, 0) is 0 Å². The summed E-state index contributed by atoms with van der Waals surface area (Å²) in [5, 5.41) is 0. The van der Waals surface area contributed by atoms with Gasteiger partial charge in [0.25, 0.3) is 0 Å². The molecule has 0 bridgehead atoms. The van der Waals surface area contributed by atoms with E-state index in [-0.39, 0.29) is 46.5 Å². The smallest absolute Gasteiger partial charge is 1.00 e. The van der Waals surface area contributed by atoms with Gasteiger partial charge in [0.15, 0.2) is 0 Å². The number of benzene rings is 4. The minimum Gasteiger partial charge on any atom is -1.00 e. The predicted octanol–water partition coefficient (Wildman–Crippen LogP) is 6.20. The van der Waals surface area contributed by atoms with Crippen molar-refractivity contribution < 1.29 is 46.1 Å². The fourth-order valence-electron chi connectivity index (χ4n) is 8.39. The summed E-state index contributed by atoms with van der Waals surface area (Å²) in [6.45, 7) is 29.2. The van der Waals surface area contributed by atoms with Crippen LogP contribution in [0.25, 0.3) is 11.1 Å². The van der Waals surface area contributed by atoms with Crippen LogP contribution in [0.1, 0.15) is 134 Å². The number of allylic oxidation sites excluding steroid dienone is 4. The van der Waals surface area contributed by atoms with E-state index < -0.39 is 21.3 Å². The summed E-state index contributed by atoms with van der Waals surface area (Å²) in [5.74, 6) is 0. The quantitative estimate of drug-likeness (QED) is 0.192. The van der Waals surface area contributed by atoms with E-state index >= 15 is 0 Å². The molecular weight excluding hydrogens is 751 g/mol. The Hall–Kier alpha value is -2.31. The summed E-state index contributed by atoms with van der Waals surface area (Å²) in [4.78, 5) is 0. The molecule has 0 saturated heterocycles. The second kappa shape index (κ2) is 15.8. The van der Waals surface area contributed by atoms with Crippen molar-refractivity contribution in [2.45, 2.75) is 130 Å². The molecule has 0 unspecified atom stereocenters. The van der Waals surface area contributed by atoms with Crippen LogP contribution in [0, 0.1) is 0 Å². The molecule has 0 amide bonds.